The highest BCUT2D eigenvalue weighted by Crippen LogP contribution is 2.19. The van der Waals surface area contributed by atoms with Crippen LogP contribution in [0.1, 0.15) is 110 Å². The van der Waals surface area contributed by atoms with Crippen LogP contribution in [0.25, 0.3) is 0 Å². The van der Waals surface area contributed by atoms with Crippen LogP contribution < -0.4 is 0 Å². The highest BCUT2D eigenvalue weighted by Gasteiger charge is 2.17. The van der Waals surface area contributed by atoms with Crippen molar-refractivity contribution in [2.75, 3.05) is 19.8 Å². The lowest BCUT2D eigenvalue weighted by molar-refractivity contribution is -0.140. The number of allylic oxidation sites excluding steroid dienone is 1. The Morgan fingerprint density at radius 1 is 0.656 bits per heavy atom. The quantitative estimate of drug-likeness (QED) is 0.0991. The van der Waals surface area contributed by atoms with E-state index in [2.05, 4.69) is 6.58 Å². The van der Waals surface area contributed by atoms with E-state index in [1.165, 1.54) is 12.8 Å². The molecule has 0 unspecified atom stereocenters. The first-order valence-electron chi connectivity index (χ1n) is 12.4. The lowest BCUT2D eigenvalue weighted by atomic mass is 10.1. The highest BCUT2D eigenvalue weighted by molar-refractivity contribution is 5.91. The van der Waals surface area contributed by atoms with E-state index in [1.54, 1.807) is 13.8 Å². The third kappa shape index (κ3) is 17.0. The van der Waals surface area contributed by atoms with Gasteiger partial charge in [0.15, 0.2) is 0 Å². The average Bonchev–Trinajstić information content (AvgIpc) is 2.78. The molecule has 0 aliphatic carbocycles. The number of esters is 2. The fraction of sp³-hybridized carbons (Fsp3) is 0.769. The lowest BCUT2D eigenvalue weighted by Gasteiger charge is -2.13. The van der Waals surface area contributed by atoms with Crippen molar-refractivity contribution in [3.05, 3.63) is 23.5 Å². The Labute approximate surface area is 195 Å². The Bertz CT molecular complexity index is 553. The fourth-order valence-electron chi connectivity index (χ4n) is 3.28. The number of unbranched alkanes of at least 4 members (excludes halogenated alkanes) is 12. The van der Waals surface area contributed by atoms with E-state index in [-0.39, 0.29) is 13.2 Å². The van der Waals surface area contributed by atoms with Crippen molar-refractivity contribution >= 4 is 11.9 Å². The van der Waals surface area contributed by atoms with Gasteiger partial charge in [0.25, 0.3) is 0 Å². The van der Waals surface area contributed by atoms with Crippen molar-refractivity contribution in [3.8, 4) is 0 Å². The molecule has 0 atom stereocenters. The Morgan fingerprint density at radius 2 is 1.09 bits per heavy atom. The molecule has 0 fully saturated rings. The molecule has 6 nitrogen and oxygen atoms in total. The van der Waals surface area contributed by atoms with Gasteiger partial charge in [-0.05, 0) is 39.5 Å². The number of ether oxygens (including phenoxy) is 2. The molecule has 0 spiro atoms. The zero-order valence-corrected chi connectivity index (χ0v) is 20.5. The fourth-order valence-corrected chi connectivity index (χ4v) is 3.28. The van der Waals surface area contributed by atoms with Crippen molar-refractivity contribution in [2.24, 2.45) is 0 Å². The van der Waals surface area contributed by atoms with Crippen LogP contribution in [-0.2, 0) is 19.1 Å². The van der Waals surface area contributed by atoms with Crippen LogP contribution in [0.15, 0.2) is 23.5 Å². The standard InChI is InChI=1S/C26H46O6/c1-22(2)25(29)32-24(18-14-10-6-8-12-16-20-28)23(3)26(30)31-21-17-13-9-5-4-7-11-15-19-27/h27-28H,1,4-21H2,2-3H3/b24-23-. The summed E-state index contributed by atoms with van der Waals surface area (Å²) in [5, 5.41) is 17.6. The molecule has 2 N–H and O–H groups in total. The third-order valence-electron chi connectivity index (χ3n) is 5.39. The normalized spacial score (nSPS) is 11.8. The number of rotatable bonds is 21. The van der Waals surface area contributed by atoms with Gasteiger partial charge in [0.05, 0.1) is 12.2 Å². The summed E-state index contributed by atoms with van der Waals surface area (Å²) >= 11 is 0. The minimum atomic E-state index is -0.519. The molecule has 0 aromatic rings. The van der Waals surface area contributed by atoms with Crippen LogP contribution in [0.5, 0.6) is 0 Å². The average molecular weight is 455 g/mol. The van der Waals surface area contributed by atoms with Gasteiger partial charge in [0, 0.05) is 25.2 Å². The van der Waals surface area contributed by atoms with Crippen LogP contribution in [0.4, 0.5) is 0 Å². The van der Waals surface area contributed by atoms with Crippen molar-refractivity contribution in [3.63, 3.8) is 0 Å². The molecule has 0 radical (unpaired) electrons. The summed E-state index contributed by atoms with van der Waals surface area (Å²) < 4.78 is 10.8. The van der Waals surface area contributed by atoms with Gasteiger partial charge in [0.2, 0.25) is 0 Å². The van der Waals surface area contributed by atoms with Crippen molar-refractivity contribution < 1.29 is 29.3 Å². The van der Waals surface area contributed by atoms with Gasteiger partial charge in [-0.2, -0.15) is 0 Å². The summed E-state index contributed by atoms with van der Waals surface area (Å²) in [6, 6.07) is 0. The van der Waals surface area contributed by atoms with Gasteiger partial charge in [-0.1, -0.05) is 70.8 Å². The van der Waals surface area contributed by atoms with E-state index in [9.17, 15) is 9.59 Å². The predicted octanol–water partition coefficient (Wildman–Crippen LogP) is 5.76. The smallest absolute Gasteiger partial charge is 0.338 e. The van der Waals surface area contributed by atoms with E-state index in [0.29, 0.717) is 29.9 Å². The maximum absolute atomic E-state index is 12.4. The van der Waals surface area contributed by atoms with Gasteiger partial charge < -0.3 is 19.7 Å². The second-order valence-electron chi connectivity index (χ2n) is 8.50. The molecule has 0 bridgehead atoms. The topological polar surface area (TPSA) is 93.1 Å². The van der Waals surface area contributed by atoms with Gasteiger partial charge in [0.1, 0.15) is 5.76 Å². The maximum atomic E-state index is 12.4. The molecular weight excluding hydrogens is 408 g/mol. The Kier molecular flexibility index (Phi) is 20.1. The van der Waals surface area contributed by atoms with E-state index in [0.717, 1.165) is 77.0 Å². The summed E-state index contributed by atoms with van der Waals surface area (Å²) in [5.74, 6) is -0.572. The minimum absolute atomic E-state index is 0.233. The zero-order valence-electron chi connectivity index (χ0n) is 20.5. The Hall–Kier alpha value is -1.66. The van der Waals surface area contributed by atoms with E-state index in [4.69, 9.17) is 19.7 Å². The Morgan fingerprint density at radius 3 is 1.56 bits per heavy atom. The first-order valence-corrected chi connectivity index (χ1v) is 12.4. The first-order chi connectivity index (χ1) is 15.4. The van der Waals surface area contributed by atoms with Crippen molar-refractivity contribution in [1.82, 2.24) is 0 Å². The van der Waals surface area contributed by atoms with E-state index >= 15 is 0 Å². The second kappa shape index (κ2) is 21.2. The molecule has 6 heteroatoms. The number of hydrogen-bond donors (Lipinski definition) is 2. The molecule has 0 saturated heterocycles. The van der Waals surface area contributed by atoms with Gasteiger partial charge in [-0.15, -0.1) is 0 Å². The molecule has 0 saturated carbocycles. The van der Waals surface area contributed by atoms with Gasteiger partial charge >= 0.3 is 11.9 Å². The number of aliphatic hydroxyl groups excluding tert-OH is 2. The van der Waals surface area contributed by atoms with Crippen LogP contribution >= 0.6 is 0 Å². The van der Waals surface area contributed by atoms with Crippen LogP contribution in [0.2, 0.25) is 0 Å². The second-order valence-corrected chi connectivity index (χ2v) is 8.50. The number of carbonyl (C=O) groups excluding carboxylic acids is 2. The molecule has 0 aromatic carbocycles. The molecule has 0 aromatic heterocycles. The monoisotopic (exact) mass is 454 g/mol. The maximum Gasteiger partial charge on any atom is 0.338 e. The molecular formula is C26H46O6. The summed E-state index contributed by atoms with van der Waals surface area (Å²) in [6.45, 7) is 7.72. The molecule has 0 aliphatic rings. The molecule has 186 valence electrons. The number of carbonyl (C=O) groups is 2. The Balaban J connectivity index is 4.35. The summed E-state index contributed by atoms with van der Waals surface area (Å²) in [6.07, 6.45) is 14.7. The summed E-state index contributed by atoms with van der Waals surface area (Å²) in [4.78, 5) is 24.4. The molecule has 32 heavy (non-hydrogen) atoms. The molecule has 0 amide bonds. The SMILES string of the molecule is C=C(C)C(=O)O/C(CCCCCCCCO)=C(/C)C(=O)OCCCCCCCCCCO. The van der Waals surface area contributed by atoms with Crippen molar-refractivity contribution in [1.29, 1.82) is 0 Å². The predicted molar refractivity (Wildman–Crippen MR) is 128 cm³/mol. The van der Waals surface area contributed by atoms with Gasteiger partial charge in [-0.25, -0.2) is 9.59 Å². The lowest BCUT2D eigenvalue weighted by Crippen LogP contribution is -2.13. The van der Waals surface area contributed by atoms with E-state index in [1.807, 2.05) is 0 Å². The van der Waals surface area contributed by atoms with Crippen molar-refractivity contribution in [2.45, 2.75) is 110 Å². The highest BCUT2D eigenvalue weighted by atomic mass is 16.5. The molecule has 0 rings (SSSR count). The van der Waals surface area contributed by atoms with Gasteiger partial charge in [-0.3, -0.25) is 0 Å². The van der Waals surface area contributed by atoms with E-state index < -0.39 is 11.9 Å². The number of hydrogen-bond acceptors (Lipinski definition) is 6. The third-order valence-corrected chi connectivity index (χ3v) is 5.39. The van der Waals surface area contributed by atoms with Crippen LogP contribution in [-0.4, -0.2) is 42.0 Å². The largest absolute Gasteiger partial charge is 0.462 e. The summed E-state index contributed by atoms with van der Waals surface area (Å²) in [5.41, 5.74) is 0.646. The number of aliphatic hydroxyl groups is 2. The van der Waals surface area contributed by atoms with Crippen LogP contribution in [0.3, 0.4) is 0 Å². The zero-order chi connectivity index (χ0) is 24.0. The molecule has 0 aliphatic heterocycles. The first kappa shape index (κ1) is 30.3. The minimum Gasteiger partial charge on any atom is -0.462 e. The molecule has 0 heterocycles. The van der Waals surface area contributed by atoms with Crippen LogP contribution in [0, 0.1) is 0 Å². The summed E-state index contributed by atoms with van der Waals surface area (Å²) in [7, 11) is 0.